The Hall–Kier alpha value is -1.56. The Bertz CT molecular complexity index is 459. The van der Waals surface area contributed by atoms with Gasteiger partial charge in [0, 0.05) is 6.04 Å². The van der Waals surface area contributed by atoms with Crippen LogP contribution < -0.4 is 0 Å². The van der Waals surface area contributed by atoms with E-state index in [4.69, 9.17) is 5.11 Å². The zero-order valence-corrected chi connectivity index (χ0v) is 10.9. The monoisotopic (exact) mass is 275 g/mol. The Labute approximate surface area is 109 Å². The molecule has 2 atom stereocenters. The molecule has 2 unspecified atom stereocenters. The van der Waals surface area contributed by atoms with Gasteiger partial charge in [-0.15, -0.1) is 0 Å². The summed E-state index contributed by atoms with van der Waals surface area (Å²) in [6.45, 7) is 3.17. The Balaban J connectivity index is 3.00. The fraction of sp³-hybridized carbons (Fsp3) is 0.462. The van der Waals surface area contributed by atoms with Crippen LogP contribution in [0.25, 0.3) is 0 Å². The highest BCUT2D eigenvalue weighted by Gasteiger charge is 2.31. The highest BCUT2D eigenvalue weighted by atomic mass is 19.4. The summed E-state index contributed by atoms with van der Waals surface area (Å²) in [4.78, 5) is 12.4. The van der Waals surface area contributed by atoms with E-state index in [-0.39, 0.29) is 0 Å². The van der Waals surface area contributed by atoms with Gasteiger partial charge in [0.1, 0.15) is 6.04 Å². The van der Waals surface area contributed by atoms with Crippen molar-refractivity contribution in [3.63, 3.8) is 0 Å². The molecular weight excluding hydrogens is 259 g/mol. The van der Waals surface area contributed by atoms with Crippen molar-refractivity contribution in [3.05, 3.63) is 35.4 Å². The lowest BCUT2D eigenvalue weighted by atomic mass is 10.0. The second-order valence-electron chi connectivity index (χ2n) is 4.48. The van der Waals surface area contributed by atoms with E-state index in [2.05, 4.69) is 0 Å². The summed E-state index contributed by atoms with van der Waals surface area (Å²) < 4.78 is 37.8. The summed E-state index contributed by atoms with van der Waals surface area (Å²) in [5.41, 5.74) is -0.293. The van der Waals surface area contributed by atoms with Crippen molar-refractivity contribution in [2.75, 3.05) is 7.05 Å². The van der Waals surface area contributed by atoms with Crippen LogP contribution in [0.3, 0.4) is 0 Å². The van der Waals surface area contributed by atoms with Crippen molar-refractivity contribution >= 4 is 5.97 Å². The topological polar surface area (TPSA) is 40.5 Å². The fourth-order valence-electron chi connectivity index (χ4n) is 1.72. The first-order chi connectivity index (χ1) is 8.64. The largest absolute Gasteiger partial charge is 0.480 e. The van der Waals surface area contributed by atoms with Gasteiger partial charge in [0.15, 0.2) is 0 Å². The number of carboxylic acids is 1. The minimum atomic E-state index is -4.40. The first-order valence-electron chi connectivity index (χ1n) is 5.76. The predicted octanol–water partition coefficient (Wildman–Crippen LogP) is 3.17. The third-order valence-electron chi connectivity index (χ3n) is 3.28. The van der Waals surface area contributed by atoms with Gasteiger partial charge in [-0.1, -0.05) is 12.1 Å². The van der Waals surface area contributed by atoms with Gasteiger partial charge in [0.2, 0.25) is 0 Å². The molecule has 106 valence electrons. The molecule has 0 spiro atoms. The van der Waals surface area contributed by atoms with E-state index in [1.165, 1.54) is 17.9 Å². The molecule has 0 heterocycles. The fourth-order valence-corrected chi connectivity index (χ4v) is 1.72. The van der Waals surface area contributed by atoms with Gasteiger partial charge in [0.05, 0.1) is 5.56 Å². The third-order valence-corrected chi connectivity index (χ3v) is 3.28. The smallest absolute Gasteiger partial charge is 0.416 e. The highest BCUT2D eigenvalue weighted by Crippen LogP contribution is 2.31. The van der Waals surface area contributed by atoms with Gasteiger partial charge in [-0.25, -0.2) is 0 Å². The van der Waals surface area contributed by atoms with Crippen molar-refractivity contribution in [3.8, 4) is 0 Å². The molecule has 0 bridgehead atoms. The predicted molar refractivity (Wildman–Crippen MR) is 64.7 cm³/mol. The van der Waals surface area contributed by atoms with Crippen LogP contribution >= 0.6 is 0 Å². The van der Waals surface area contributed by atoms with Crippen molar-refractivity contribution in [1.82, 2.24) is 4.90 Å². The number of carboxylic acid groups (broad SMARTS) is 1. The number of likely N-dealkylation sites (N-methyl/N-ethyl adjacent to an activating group) is 1. The summed E-state index contributed by atoms with van der Waals surface area (Å²) in [5.74, 6) is -1.01. The van der Waals surface area contributed by atoms with E-state index in [0.717, 1.165) is 12.1 Å². The Kier molecular flexibility index (Phi) is 4.57. The van der Waals surface area contributed by atoms with Crippen molar-refractivity contribution in [2.45, 2.75) is 32.1 Å². The normalized spacial score (nSPS) is 15.3. The van der Waals surface area contributed by atoms with Gasteiger partial charge in [-0.2, -0.15) is 13.2 Å². The second-order valence-corrected chi connectivity index (χ2v) is 4.48. The summed E-state index contributed by atoms with van der Waals surface area (Å²) in [6.07, 6.45) is -4.40. The van der Waals surface area contributed by atoms with Gasteiger partial charge in [-0.3, -0.25) is 9.69 Å². The second kappa shape index (κ2) is 5.61. The lowest BCUT2D eigenvalue weighted by Crippen LogP contribution is -2.37. The number of alkyl halides is 3. The lowest BCUT2D eigenvalue weighted by molar-refractivity contribution is -0.143. The molecule has 3 nitrogen and oxygen atoms in total. The summed E-state index contributed by atoms with van der Waals surface area (Å²) in [7, 11) is 1.57. The standard InChI is InChI=1S/C13H16F3NO2/c1-8(17(3)9(2)12(18)19)10-5-4-6-11(7-10)13(14,15)16/h4-9H,1-3H3,(H,18,19). The van der Waals surface area contributed by atoms with Crippen LogP contribution in [-0.2, 0) is 11.0 Å². The maximum Gasteiger partial charge on any atom is 0.416 e. The molecule has 0 aliphatic rings. The molecule has 0 aliphatic heterocycles. The average Bonchev–Trinajstić information content (AvgIpc) is 2.35. The van der Waals surface area contributed by atoms with Gasteiger partial charge in [0.25, 0.3) is 0 Å². The minimum Gasteiger partial charge on any atom is -0.480 e. The molecule has 19 heavy (non-hydrogen) atoms. The maximum atomic E-state index is 12.6. The minimum absolute atomic E-state index is 0.423. The molecule has 0 amide bonds. The molecule has 1 N–H and O–H groups in total. The quantitative estimate of drug-likeness (QED) is 0.917. The third kappa shape index (κ3) is 3.70. The van der Waals surface area contributed by atoms with Crippen LogP contribution in [0.15, 0.2) is 24.3 Å². The van der Waals surface area contributed by atoms with Crippen LogP contribution in [0.5, 0.6) is 0 Å². The molecule has 0 saturated heterocycles. The Morgan fingerprint density at radius 1 is 1.32 bits per heavy atom. The van der Waals surface area contributed by atoms with E-state index >= 15 is 0 Å². The summed E-state index contributed by atoms with van der Waals surface area (Å²) in [6, 6.07) is 3.74. The molecular formula is C13H16F3NO2. The number of carbonyl (C=O) groups is 1. The number of hydrogen-bond acceptors (Lipinski definition) is 2. The van der Waals surface area contributed by atoms with Crippen molar-refractivity contribution < 1.29 is 23.1 Å². The molecule has 1 aromatic rings. The lowest BCUT2D eigenvalue weighted by Gasteiger charge is -2.28. The maximum absolute atomic E-state index is 12.6. The zero-order valence-electron chi connectivity index (χ0n) is 10.9. The first-order valence-corrected chi connectivity index (χ1v) is 5.76. The number of nitrogens with zero attached hydrogens (tertiary/aromatic N) is 1. The number of hydrogen-bond donors (Lipinski definition) is 1. The molecule has 6 heteroatoms. The van der Waals surface area contributed by atoms with Crippen LogP contribution in [0.2, 0.25) is 0 Å². The van der Waals surface area contributed by atoms with E-state index in [1.807, 2.05) is 0 Å². The van der Waals surface area contributed by atoms with E-state index in [1.54, 1.807) is 20.0 Å². The molecule has 1 aromatic carbocycles. The average molecular weight is 275 g/mol. The number of benzene rings is 1. The molecule has 0 aromatic heterocycles. The molecule has 0 saturated carbocycles. The first kappa shape index (κ1) is 15.5. The molecule has 0 radical (unpaired) electrons. The van der Waals surface area contributed by atoms with Crippen molar-refractivity contribution in [2.24, 2.45) is 0 Å². The van der Waals surface area contributed by atoms with E-state index < -0.39 is 29.8 Å². The van der Waals surface area contributed by atoms with Crippen LogP contribution in [0, 0.1) is 0 Å². The van der Waals surface area contributed by atoms with Crippen molar-refractivity contribution in [1.29, 1.82) is 0 Å². The zero-order chi connectivity index (χ0) is 14.8. The number of halogens is 3. The Morgan fingerprint density at radius 3 is 2.37 bits per heavy atom. The number of rotatable bonds is 4. The SMILES string of the molecule is CC(C(=O)O)N(C)C(C)c1cccc(C(F)(F)F)c1. The van der Waals surface area contributed by atoms with Crippen LogP contribution in [-0.4, -0.2) is 29.1 Å². The van der Waals surface area contributed by atoms with Gasteiger partial charge in [-0.05, 0) is 38.6 Å². The summed E-state index contributed by atoms with van der Waals surface area (Å²) in [5, 5.41) is 8.91. The molecule has 0 aliphatic carbocycles. The van der Waals surface area contributed by atoms with Crippen LogP contribution in [0.4, 0.5) is 13.2 Å². The molecule has 1 rings (SSSR count). The van der Waals surface area contributed by atoms with Crippen LogP contribution in [0.1, 0.15) is 31.0 Å². The Morgan fingerprint density at radius 2 is 1.89 bits per heavy atom. The van der Waals surface area contributed by atoms with Gasteiger partial charge < -0.3 is 5.11 Å². The summed E-state index contributed by atoms with van der Waals surface area (Å²) >= 11 is 0. The highest BCUT2D eigenvalue weighted by molar-refractivity contribution is 5.72. The molecule has 0 fully saturated rings. The number of aliphatic carboxylic acids is 1. The van der Waals surface area contributed by atoms with E-state index in [9.17, 15) is 18.0 Å². The van der Waals surface area contributed by atoms with Gasteiger partial charge >= 0.3 is 12.1 Å². The van der Waals surface area contributed by atoms with E-state index in [0.29, 0.717) is 5.56 Å².